The third kappa shape index (κ3) is 5.76. The van der Waals surface area contributed by atoms with Crippen molar-refractivity contribution in [1.29, 1.82) is 0 Å². The monoisotopic (exact) mass is 326 g/mol. The first-order valence-electron chi connectivity index (χ1n) is 7.78. The van der Waals surface area contributed by atoms with E-state index in [0.29, 0.717) is 0 Å². The van der Waals surface area contributed by atoms with Gasteiger partial charge in [0, 0.05) is 0 Å². The molecule has 0 aliphatic rings. The van der Waals surface area contributed by atoms with Crippen LogP contribution < -0.4 is 14.9 Å². The minimum Gasteiger partial charge on any atom is -0.497 e. The van der Waals surface area contributed by atoms with E-state index in [9.17, 15) is 4.79 Å². The maximum absolute atomic E-state index is 11.9. The number of hydrogen-bond donors (Lipinski definition) is 1. The van der Waals surface area contributed by atoms with Crippen LogP contribution in [0.2, 0.25) is 0 Å². The van der Waals surface area contributed by atoms with Crippen LogP contribution in [0.15, 0.2) is 53.6 Å². The maximum atomic E-state index is 11.9. The largest absolute Gasteiger partial charge is 0.497 e. The number of hydrogen-bond acceptors (Lipinski definition) is 4. The molecule has 5 nitrogen and oxygen atoms in total. The number of rotatable bonds is 7. The van der Waals surface area contributed by atoms with Gasteiger partial charge in [0.25, 0.3) is 0 Å². The van der Waals surface area contributed by atoms with Gasteiger partial charge in [-0.2, -0.15) is 5.10 Å². The fourth-order valence-electron chi connectivity index (χ4n) is 2.09. The Morgan fingerprint density at radius 1 is 1.17 bits per heavy atom. The van der Waals surface area contributed by atoms with Gasteiger partial charge in [0.1, 0.15) is 11.5 Å². The highest BCUT2D eigenvalue weighted by molar-refractivity contribution is 5.83. The van der Waals surface area contributed by atoms with Gasteiger partial charge in [0.2, 0.25) is 5.91 Å². The molecule has 0 saturated carbocycles. The van der Waals surface area contributed by atoms with Crippen LogP contribution in [-0.2, 0) is 11.2 Å². The zero-order valence-corrected chi connectivity index (χ0v) is 14.2. The van der Waals surface area contributed by atoms with Gasteiger partial charge in [-0.05, 0) is 49.2 Å². The summed E-state index contributed by atoms with van der Waals surface area (Å²) in [6.45, 7) is 3.94. The summed E-state index contributed by atoms with van der Waals surface area (Å²) in [6.07, 6.45) is 1.97. The summed E-state index contributed by atoms with van der Waals surface area (Å²) in [5, 5.41) is 3.99. The molecule has 2 rings (SSSR count). The van der Waals surface area contributed by atoms with Crippen LogP contribution >= 0.6 is 0 Å². The third-order valence-corrected chi connectivity index (χ3v) is 3.16. The van der Waals surface area contributed by atoms with Gasteiger partial charge in [0.05, 0.1) is 25.8 Å². The molecule has 0 saturated heterocycles. The molecule has 5 heteroatoms. The second kappa shape index (κ2) is 8.72. The molecule has 0 spiro atoms. The molecule has 0 fully saturated rings. The number of benzene rings is 2. The Balaban J connectivity index is 1.87. The second-order valence-corrected chi connectivity index (χ2v) is 5.56. The molecule has 0 aliphatic carbocycles. The van der Waals surface area contributed by atoms with Crippen LogP contribution in [0.1, 0.15) is 25.0 Å². The highest BCUT2D eigenvalue weighted by atomic mass is 16.5. The Morgan fingerprint density at radius 2 is 1.92 bits per heavy atom. The van der Waals surface area contributed by atoms with Crippen molar-refractivity contribution in [3.8, 4) is 11.5 Å². The minimum atomic E-state index is -0.175. The summed E-state index contributed by atoms with van der Waals surface area (Å²) in [6, 6.07) is 14.9. The molecule has 0 aliphatic heterocycles. The summed E-state index contributed by atoms with van der Waals surface area (Å²) in [7, 11) is 1.61. The standard InChI is InChI=1S/C19H22N2O3/c1-14(2)24-18-6-4-5-16(11-18)13-20-21-19(22)12-15-7-9-17(23-3)10-8-15/h4-11,13-14H,12H2,1-3H3,(H,21,22)/b20-13-. The average molecular weight is 326 g/mol. The molecule has 0 heterocycles. The Hall–Kier alpha value is -2.82. The highest BCUT2D eigenvalue weighted by Crippen LogP contribution is 2.14. The van der Waals surface area contributed by atoms with Gasteiger partial charge >= 0.3 is 0 Å². The zero-order valence-electron chi connectivity index (χ0n) is 14.2. The van der Waals surface area contributed by atoms with E-state index in [1.54, 1.807) is 13.3 Å². The first-order chi connectivity index (χ1) is 11.6. The van der Waals surface area contributed by atoms with Crippen molar-refractivity contribution >= 4 is 12.1 Å². The molecule has 0 unspecified atom stereocenters. The number of ether oxygens (including phenoxy) is 2. The molecule has 0 radical (unpaired) electrons. The van der Waals surface area contributed by atoms with E-state index in [1.807, 2.05) is 62.4 Å². The van der Waals surface area contributed by atoms with Gasteiger partial charge in [0.15, 0.2) is 0 Å². The fourth-order valence-corrected chi connectivity index (χ4v) is 2.09. The predicted molar refractivity (Wildman–Crippen MR) is 94.6 cm³/mol. The van der Waals surface area contributed by atoms with E-state index in [-0.39, 0.29) is 18.4 Å². The molecule has 1 amide bonds. The molecule has 0 bridgehead atoms. The van der Waals surface area contributed by atoms with E-state index < -0.39 is 0 Å². The average Bonchev–Trinajstić information content (AvgIpc) is 2.55. The second-order valence-electron chi connectivity index (χ2n) is 5.56. The first kappa shape index (κ1) is 17.5. The highest BCUT2D eigenvalue weighted by Gasteiger charge is 2.02. The van der Waals surface area contributed by atoms with Crippen LogP contribution in [0, 0.1) is 0 Å². The van der Waals surface area contributed by atoms with Crippen LogP contribution in [0.25, 0.3) is 0 Å². The van der Waals surface area contributed by atoms with E-state index in [2.05, 4.69) is 10.5 Å². The molecule has 2 aromatic carbocycles. The summed E-state index contributed by atoms with van der Waals surface area (Å²) in [5.74, 6) is 1.37. The van der Waals surface area contributed by atoms with Gasteiger partial charge in [-0.25, -0.2) is 5.43 Å². The van der Waals surface area contributed by atoms with E-state index in [0.717, 1.165) is 22.6 Å². The molecule has 2 aromatic rings. The lowest BCUT2D eigenvalue weighted by Crippen LogP contribution is -2.19. The molecule has 24 heavy (non-hydrogen) atoms. The van der Waals surface area contributed by atoms with Gasteiger partial charge < -0.3 is 9.47 Å². The Kier molecular flexibility index (Phi) is 6.37. The molecular formula is C19H22N2O3. The topological polar surface area (TPSA) is 59.9 Å². The summed E-state index contributed by atoms with van der Waals surface area (Å²) < 4.78 is 10.7. The van der Waals surface area contributed by atoms with Gasteiger partial charge in [-0.3, -0.25) is 4.79 Å². The summed E-state index contributed by atoms with van der Waals surface area (Å²) >= 11 is 0. The normalized spacial score (nSPS) is 10.8. The summed E-state index contributed by atoms with van der Waals surface area (Å²) in [4.78, 5) is 11.9. The Labute approximate surface area is 142 Å². The first-order valence-corrected chi connectivity index (χ1v) is 7.78. The Morgan fingerprint density at radius 3 is 2.58 bits per heavy atom. The third-order valence-electron chi connectivity index (χ3n) is 3.16. The van der Waals surface area contributed by atoms with Crippen LogP contribution in [0.5, 0.6) is 11.5 Å². The lowest BCUT2D eigenvalue weighted by atomic mass is 10.1. The van der Waals surface area contributed by atoms with Crippen LogP contribution in [0.3, 0.4) is 0 Å². The Bertz CT molecular complexity index is 694. The van der Waals surface area contributed by atoms with Gasteiger partial charge in [-0.15, -0.1) is 0 Å². The minimum absolute atomic E-state index is 0.112. The maximum Gasteiger partial charge on any atom is 0.244 e. The smallest absolute Gasteiger partial charge is 0.244 e. The van der Waals surface area contributed by atoms with Crippen molar-refractivity contribution in [3.05, 3.63) is 59.7 Å². The van der Waals surface area contributed by atoms with Crippen molar-refractivity contribution < 1.29 is 14.3 Å². The van der Waals surface area contributed by atoms with Crippen molar-refractivity contribution in [3.63, 3.8) is 0 Å². The number of carbonyl (C=O) groups is 1. The fraction of sp³-hybridized carbons (Fsp3) is 0.263. The summed E-state index contributed by atoms with van der Waals surface area (Å²) in [5.41, 5.74) is 4.28. The number of methoxy groups -OCH3 is 1. The lowest BCUT2D eigenvalue weighted by molar-refractivity contribution is -0.120. The van der Waals surface area contributed by atoms with Crippen LogP contribution in [0.4, 0.5) is 0 Å². The number of amides is 1. The van der Waals surface area contributed by atoms with Crippen LogP contribution in [-0.4, -0.2) is 25.3 Å². The zero-order chi connectivity index (χ0) is 17.4. The lowest BCUT2D eigenvalue weighted by Gasteiger charge is -2.09. The number of nitrogens with one attached hydrogen (secondary N) is 1. The van der Waals surface area contributed by atoms with Crippen molar-refractivity contribution in [2.45, 2.75) is 26.4 Å². The molecule has 0 atom stereocenters. The number of nitrogens with zero attached hydrogens (tertiary/aromatic N) is 1. The number of hydrazone groups is 1. The molecule has 1 N–H and O–H groups in total. The molecule has 126 valence electrons. The van der Waals surface area contributed by atoms with E-state index >= 15 is 0 Å². The quantitative estimate of drug-likeness (QED) is 0.628. The predicted octanol–water partition coefficient (Wildman–Crippen LogP) is 3.18. The van der Waals surface area contributed by atoms with E-state index in [4.69, 9.17) is 9.47 Å². The van der Waals surface area contributed by atoms with E-state index in [1.165, 1.54) is 0 Å². The molecular weight excluding hydrogens is 304 g/mol. The van der Waals surface area contributed by atoms with Gasteiger partial charge in [-0.1, -0.05) is 24.3 Å². The number of carbonyl (C=O) groups excluding carboxylic acids is 1. The molecule has 0 aromatic heterocycles. The SMILES string of the molecule is COc1ccc(CC(=O)N/N=C\c2cccc(OC(C)C)c2)cc1. The van der Waals surface area contributed by atoms with Crippen molar-refractivity contribution in [1.82, 2.24) is 5.43 Å². The van der Waals surface area contributed by atoms with Crippen molar-refractivity contribution in [2.24, 2.45) is 5.10 Å². The van der Waals surface area contributed by atoms with Crippen molar-refractivity contribution in [2.75, 3.05) is 7.11 Å².